The number of benzene rings is 1. The number of nitriles is 1. The van der Waals surface area contributed by atoms with E-state index in [1.54, 1.807) is 0 Å². The van der Waals surface area contributed by atoms with Crippen molar-refractivity contribution in [3.63, 3.8) is 0 Å². The maximum absolute atomic E-state index is 9.06. The number of nitrogens with zero attached hydrogens (tertiary/aromatic N) is 1. The van der Waals surface area contributed by atoms with E-state index < -0.39 is 0 Å². The van der Waals surface area contributed by atoms with Crippen LogP contribution >= 0.6 is 15.9 Å². The van der Waals surface area contributed by atoms with E-state index in [2.05, 4.69) is 48.1 Å². The first-order valence-electron chi connectivity index (χ1n) is 5.54. The Kier molecular flexibility index (Phi) is 4.82. The molecule has 0 fully saturated rings. The lowest BCUT2D eigenvalue weighted by Gasteiger charge is -2.22. The first kappa shape index (κ1) is 13.1. The van der Waals surface area contributed by atoms with E-state index in [1.165, 1.54) is 0 Å². The molecular formula is C13H17BrN2. The second-order valence-electron chi connectivity index (χ2n) is 4.20. The van der Waals surface area contributed by atoms with Crippen molar-refractivity contribution in [2.24, 2.45) is 5.92 Å². The van der Waals surface area contributed by atoms with E-state index in [9.17, 15) is 0 Å². The van der Waals surface area contributed by atoms with Crippen molar-refractivity contribution < 1.29 is 0 Å². The fourth-order valence-electron chi connectivity index (χ4n) is 1.67. The Morgan fingerprint density at radius 1 is 1.44 bits per heavy atom. The molecule has 0 saturated heterocycles. The van der Waals surface area contributed by atoms with E-state index >= 15 is 0 Å². The van der Waals surface area contributed by atoms with Crippen LogP contribution in [0.5, 0.6) is 0 Å². The van der Waals surface area contributed by atoms with Crippen LogP contribution in [0.2, 0.25) is 0 Å². The highest BCUT2D eigenvalue weighted by molar-refractivity contribution is 9.10. The third kappa shape index (κ3) is 3.24. The van der Waals surface area contributed by atoms with Crippen LogP contribution in [0.4, 0.5) is 5.69 Å². The van der Waals surface area contributed by atoms with Gasteiger partial charge < -0.3 is 5.32 Å². The second-order valence-corrected chi connectivity index (χ2v) is 5.12. The molecule has 1 unspecified atom stereocenters. The minimum atomic E-state index is 0.410. The predicted octanol–water partition coefficient (Wildman–Crippen LogP) is 4.17. The first-order valence-corrected chi connectivity index (χ1v) is 6.34. The van der Waals surface area contributed by atoms with Crippen molar-refractivity contribution in [2.45, 2.75) is 33.2 Å². The van der Waals surface area contributed by atoms with Gasteiger partial charge in [-0.1, -0.05) is 36.7 Å². The van der Waals surface area contributed by atoms with Crippen LogP contribution in [-0.2, 0) is 0 Å². The maximum Gasteiger partial charge on any atom is 0.101 e. The summed E-state index contributed by atoms with van der Waals surface area (Å²) >= 11 is 3.37. The summed E-state index contributed by atoms with van der Waals surface area (Å²) in [6.07, 6.45) is 1.05. The van der Waals surface area contributed by atoms with Gasteiger partial charge in [-0.2, -0.15) is 5.26 Å². The number of hydrogen-bond acceptors (Lipinski definition) is 2. The normalized spacial score (nSPS) is 12.2. The predicted molar refractivity (Wildman–Crippen MR) is 71.4 cm³/mol. The third-order valence-electron chi connectivity index (χ3n) is 2.69. The minimum Gasteiger partial charge on any atom is -0.381 e. The molecule has 0 aliphatic heterocycles. The second kappa shape index (κ2) is 5.91. The molecule has 2 nitrogen and oxygen atoms in total. The standard InChI is InChI=1S/C13H17BrN2/c1-4-12(9(2)3)16-13-6-5-11(14)7-10(13)8-15/h5-7,9,12,16H,4H2,1-3H3. The molecule has 0 heterocycles. The Balaban J connectivity index is 2.92. The first-order chi connectivity index (χ1) is 7.58. The topological polar surface area (TPSA) is 35.8 Å². The molecule has 0 spiro atoms. The number of halogens is 1. The summed E-state index contributed by atoms with van der Waals surface area (Å²) < 4.78 is 0.937. The van der Waals surface area contributed by atoms with Crippen LogP contribution in [0.1, 0.15) is 32.8 Å². The Morgan fingerprint density at radius 2 is 2.12 bits per heavy atom. The van der Waals surface area contributed by atoms with Gasteiger partial charge in [0.1, 0.15) is 6.07 Å². The molecule has 0 amide bonds. The number of hydrogen-bond donors (Lipinski definition) is 1. The van der Waals surface area contributed by atoms with Crippen molar-refractivity contribution in [2.75, 3.05) is 5.32 Å². The Hall–Kier alpha value is -1.01. The molecule has 0 radical (unpaired) electrons. The number of nitrogens with one attached hydrogen (secondary N) is 1. The molecule has 1 aromatic carbocycles. The van der Waals surface area contributed by atoms with Crippen LogP contribution in [0.15, 0.2) is 22.7 Å². The summed E-state index contributed by atoms with van der Waals surface area (Å²) in [5, 5.41) is 12.5. The molecule has 0 aromatic heterocycles. The van der Waals surface area contributed by atoms with Gasteiger partial charge in [0.15, 0.2) is 0 Å². The van der Waals surface area contributed by atoms with E-state index in [-0.39, 0.29) is 0 Å². The van der Waals surface area contributed by atoms with Gasteiger partial charge in [-0.15, -0.1) is 0 Å². The molecular weight excluding hydrogens is 264 g/mol. The van der Waals surface area contributed by atoms with E-state index in [1.807, 2.05) is 18.2 Å². The average molecular weight is 281 g/mol. The van der Waals surface area contributed by atoms with Gasteiger partial charge in [0.25, 0.3) is 0 Å². The monoisotopic (exact) mass is 280 g/mol. The highest BCUT2D eigenvalue weighted by atomic mass is 79.9. The highest BCUT2D eigenvalue weighted by Crippen LogP contribution is 2.22. The molecule has 1 atom stereocenters. The summed E-state index contributed by atoms with van der Waals surface area (Å²) in [5.74, 6) is 0.556. The van der Waals surface area contributed by atoms with Crippen LogP contribution < -0.4 is 5.32 Å². The van der Waals surface area contributed by atoms with E-state index in [4.69, 9.17) is 5.26 Å². The van der Waals surface area contributed by atoms with Crippen molar-refractivity contribution in [1.29, 1.82) is 5.26 Å². The highest BCUT2D eigenvalue weighted by Gasteiger charge is 2.12. The molecule has 1 N–H and O–H groups in total. The van der Waals surface area contributed by atoms with Gasteiger partial charge in [-0.05, 0) is 30.5 Å². The van der Waals surface area contributed by atoms with Gasteiger partial charge >= 0.3 is 0 Å². The fraction of sp³-hybridized carbons (Fsp3) is 0.462. The smallest absolute Gasteiger partial charge is 0.101 e. The summed E-state index contributed by atoms with van der Waals surface area (Å²) in [6, 6.07) is 8.37. The van der Waals surface area contributed by atoms with Gasteiger partial charge in [0.2, 0.25) is 0 Å². The molecule has 0 saturated carbocycles. The molecule has 0 aliphatic carbocycles. The molecule has 16 heavy (non-hydrogen) atoms. The maximum atomic E-state index is 9.06. The average Bonchev–Trinajstić information content (AvgIpc) is 2.26. The third-order valence-corrected chi connectivity index (χ3v) is 3.18. The lowest BCUT2D eigenvalue weighted by molar-refractivity contribution is 0.511. The Labute approximate surface area is 106 Å². The van der Waals surface area contributed by atoms with Gasteiger partial charge in [-0.3, -0.25) is 0 Å². The number of anilines is 1. The van der Waals surface area contributed by atoms with Crippen LogP contribution in [-0.4, -0.2) is 6.04 Å². The van der Waals surface area contributed by atoms with Crippen LogP contribution in [0.3, 0.4) is 0 Å². The van der Waals surface area contributed by atoms with E-state index in [0.29, 0.717) is 17.5 Å². The zero-order chi connectivity index (χ0) is 12.1. The van der Waals surface area contributed by atoms with Gasteiger partial charge in [0, 0.05) is 10.5 Å². The molecule has 0 bridgehead atoms. The zero-order valence-corrected chi connectivity index (χ0v) is 11.5. The van der Waals surface area contributed by atoms with Crippen molar-refractivity contribution in [3.8, 4) is 6.07 Å². The molecule has 1 rings (SSSR count). The molecule has 0 aliphatic rings. The van der Waals surface area contributed by atoms with Gasteiger partial charge in [0.05, 0.1) is 11.3 Å². The SMILES string of the molecule is CCC(Nc1ccc(Br)cc1C#N)C(C)C. The van der Waals surface area contributed by atoms with Crippen molar-refractivity contribution >= 4 is 21.6 Å². The lowest BCUT2D eigenvalue weighted by Crippen LogP contribution is -2.24. The largest absolute Gasteiger partial charge is 0.381 e. The van der Waals surface area contributed by atoms with Crippen molar-refractivity contribution in [1.82, 2.24) is 0 Å². The molecule has 86 valence electrons. The Bertz CT molecular complexity index is 393. The number of rotatable bonds is 4. The Morgan fingerprint density at radius 3 is 2.62 bits per heavy atom. The van der Waals surface area contributed by atoms with Gasteiger partial charge in [-0.25, -0.2) is 0 Å². The zero-order valence-electron chi connectivity index (χ0n) is 9.92. The van der Waals surface area contributed by atoms with Crippen LogP contribution in [0, 0.1) is 17.2 Å². The lowest BCUT2D eigenvalue weighted by atomic mass is 10.0. The minimum absolute atomic E-state index is 0.410. The van der Waals surface area contributed by atoms with Crippen LogP contribution in [0.25, 0.3) is 0 Å². The fourth-order valence-corrected chi connectivity index (χ4v) is 2.04. The summed E-state index contributed by atoms with van der Waals surface area (Å²) in [7, 11) is 0. The quantitative estimate of drug-likeness (QED) is 0.899. The molecule has 3 heteroatoms. The molecule has 1 aromatic rings. The summed E-state index contributed by atoms with van der Waals surface area (Å²) in [6.45, 7) is 6.53. The summed E-state index contributed by atoms with van der Waals surface area (Å²) in [5.41, 5.74) is 1.61. The summed E-state index contributed by atoms with van der Waals surface area (Å²) in [4.78, 5) is 0. The van der Waals surface area contributed by atoms with Crippen molar-refractivity contribution in [3.05, 3.63) is 28.2 Å². The van der Waals surface area contributed by atoms with E-state index in [0.717, 1.165) is 16.6 Å².